The van der Waals surface area contributed by atoms with Gasteiger partial charge in [0.15, 0.2) is 0 Å². The maximum absolute atomic E-state index is 12.8. The number of anilines is 1. The zero-order valence-corrected chi connectivity index (χ0v) is 10.7. The van der Waals surface area contributed by atoms with Gasteiger partial charge in [0.1, 0.15) is 0 Å². The first-order chi connectivity index (χ1) is 9.43. The number of nitrogen functional groups attached to an aromatic ring is 1. The van der Waals surface area contributed by atoms with Crippen LogP contribution in [0.25, 0.3) is 11.1 Å². The van der Waals surface area contributed by atoms with Crippen molar-refractivity contribution in [3.63, 3.8) is 0 Å². The molecule has 3 nitrogen and oxygen atoms in total. The van der Waals surface area contributed by atoms with Crippen molar-refractivity contribution in [3.8, 4) is 11.1 Å². The fourth-order valence-electron chi connectivity index (χ4n) is 2.16. The highest BCUT2D eigenvalue weighted by atomic mass is 19.4. The SMILES string of the molecule is Nc1ccc(-c2cnn(CC3CC3)c2)cc1C(F)(F)F. The molecule has 0 bridgehead atoms. The number of halogens is 3. The predicted octanol–water partition coefficient (Wildman–Crippen LogP) is 3.56. The summed E-state index contributed by atoms with van der Waals surface area (Å²) >= 11 is 0. The highest BCUT2D eigenvalue weighted by Gasteiger charge is 2.33. The van der Waals surface area contributed by atoms with Gasteiger partial charge in [-0.05, 0) is 36.5 Å². The third kappa shape index (κ3) is 2.64. The predicted molar refractivity (Wildman–Crippen MR) is 69.8 cm³/mol. The number of alkyl halides is 3. The topological polar surface area (TPSA) is 43.8 Å². The summed E-state index contributed by atoms with van der Waals surface area (Å²) in [4.78, 5) is 0. The Bertz CT molecular complexity index is 627. The van der Waals surface area contributed by atoms with E-state index in [1.165, 1.54) is 18.9 Å². The van der Waals surface area contributed by atoms with Crippen LogP contribution in [-0.2, 0) is 12.7 Å². The molecule has 0 spiro atoms. The fraction of sp³-hybridized carbons (Fsp3) is 0.357. The molecule has 106 valence electrons. The van der Waals surface area contributed by atoms with Gasteiger partial charge >= 0.3 is 6.18 Å². The molecule has 0 amide bonds. The van der Waals surface area contributed by atoms with Gasteiger partial charge in [0.25, 0.3) is 0 Å². The van der Waals surface area contributed by atoms with Crippen LogP contribution in [0.5, 0.6) is 0 Å². The van der Waals surface area contributed by atoms with E-state index in [1.807, 2.05) is 0 Å². The van der Waals surface area contributed by atoms with Crippen molar-refractivity contribution in [2.45, 2.75) is 25.6 Å². The van der Waals surface area contributed by atoms with Gasteiger partial charge in [0.2, 0.25) is 0 Å². The smallest absolute Gasteiger partial charge is 0.398 e. The van der Waals surface area contributed by atoms with Gasteiger partial charge in [-0.1, -0.05) is 6.07 Å². The van der Waals surface area contributed by atoms with Gasteiger partial charge in [0, 0.05) is 24.0 Å². The van der Waals surface area contributed by atoms with Crippen LogP contribution in [0, 0.1) is 5.92 Å². The summed E-state index contributed by atoms with van der Waals surface area (Å²) < 4.78 is 40.3. The van der Waals surface area contributed by atoms with Gasteiger partial charge in [0.05, 0.1) is 11.8 Å². The molecule has 1 aliphatic carbocycles. The van der Waals surface area contributed by atoms with Crippen LogP contribution in [-0.4, -0.2) is 9.78 Å². The van der Waals surface area contributed by atoms with Crippen molar-refractivity contribution in [2.75, 3.05) is 5.73 Å². The van der Waals surface area contributed by atoms with Crippen LogP contribution in [0.15, 0.2) is 30.6 Å². The average Bonchev–Trinajstić information content (AvgIpc) is 3.05. The number of hydrogen-bond donors (Lipinski definition) is 1. The minimum Gasteiger partial charge on any atom is -0.398 e. The van der Waals surface area contributed by atoms with Gasteiger partial charge in [-0.25, -0.2) is 0 Å². The second kappa shape index (κ2) is 4.54. The standard InChI is InChI=1S/C14H14F3N3/c15-14(16,17)12-5-10(3-4-13(12)18)11-6-19-20(8-11)7-9-1-2-9/h3-6,8-9H,1-2,7,18H2. The van der Waals surface area contributed by atoms with Gasteiger partial charge in [-0.15, -0.1) is 0 Å². The molecule has 1 aromatic heterocycles. The summed E-state index contributed by atoms with van der Waals surface area (Å²) in [5, 5.41) is 4.19. The summed E-state index contributed by atoms with van der Waals surface area (Å²) in [6.45, 7) is 0.834. The molecule has 1 aromatic carbocycles. The Morgan fingerprint density at radius 2 is 2.00 bits per heavy atom. The normalized spacial score (nSPS) is 15.6. The number of aromatic nitrogens is 2. The molecule has 1 fully saturated rings. The number of benzene rings is 1. The van der Waals surface area contributed by atoms with E-state index in [1.54, 1.807) is 23.1 Å². The molecule has 2 aromatic rings. The summed E-state index contributed by atoms with van der Waals surface area (Å²) in [6, 6.07) is 3.95. The Hall–Kier alpha value is -1.98. The van der Waals surface area contributed by atoms with E-state index in [4.69, 9.17) is 5.73 Å². The van der Waals surface area contributed by atoms with Crippen molar-refractivity contribution >= 4 is 5.69 Å². The zero-order valence-electron chi connectivity index (χ0n) is 10.7. The first-order valence-electron chi connectivity index (χ1n) is 6.43. The molecule has 6 heteroatoms. The highest BCUT2D eigenvalue weighted by Crippen LogP contribution is 2.36. The molecule has 1 heterocycles. The number of nitrogens with two attached hydrogens (primary N) is 1. The highest BCUT2D eigenvalue weighted by molar-refractivity contribution is 5.67. The Morgan fingerprint density at radius 3 is 2.65 bits per heavy atom. The van der Waals surface area contributed by atoms with Crippen LogP contribution >= 0.6 is 0 Å². The summed E-state index contributed by atoms with van der Waals surface area (Å²) in [5.74, 6) is 0.667. The monoisotopic (exact) mass is 281 g/mol. The molecule has 0 saturated heterocycles. The van der Waals surface area contributed by atoms with Crippen LogP contribution in [0.2, 0.25) is 0 Å². The van der Waals surface area contributed by atoms with Crippen LogP contribution in [0.3, 0.4) is 0 Å². The van der Waals surface area contributed by atoms with Gasteiger partial charge in [-0.2, -0.15) is 18.3 Å². The van der Waals surface area contributed by atoms with E-state index in [-0.39, 0.29) is 5.69 Å². The van der Waals surface area contributed by atoms with Crippen LogP contribution in [0.1, 0.15) is 18.4 Å². The number of hydrogen-bond acceptors (Lipinski definition) is 2. The molecule has 0 aliphatic heterocycles. The van der Waals surface area contributed by atoms with E-state index in [0.29, 0.717) is 17.0 Å². The molecular formula is C14H14F3N3. The lowest BCUT2D eigenvalue weighted by Gasteiger charge is -2.11. The van der Waals surface area contributed by atoms with E-state index in [9.17, 15) is 13.2 Å². The first kappa shape index (κ1) is 13.0. The quantitative estimate of drug-likeness (QED) is 0.874. The molecule has 0 unspecified atom stereocenters. The van der Waals surface area contributed by atoms with Crippen molar-refractivity contribution in [3.05, 3.63) is 36.2 Å². The summed E-state index contributed by atoms with van der Waals surface area (Å²) in [5.41, 5.74) is 5.49. The molecular weight excluding hydrogens is 267 g/mol. The Balaban J connectivity index is 1.91. The maximum atomic E-state index is 12.8. The largest absolute Gasteiger partial charge is 0.418 e. The van der Waals surface area contributed by atoms with E-state index < -0.39 is 11.7 Å². The van der Waals surface area contributed by atoms with Crippen molar-refractivity contribution in [1.29, 1.82) is 0 Å². The molecule has 3 rings (SSSR count). The third-order valence-corrected chi connectivity index (χ3v) is 3.47. The van der Waals surface area contributed by atoms with Gasteiger partial charge < -0.3 is 5.73 Å². The summed E-state index contributed by atoms with van der Waals surface area (Å²) in [7, 11) is 0. The van der Waals surface area contributed by atoms with E-state index in [0.717, 1.165) is 12.6 Å². The first-order valence-corrected chi connectivity index (χ1v) is 6.43. The molecule has 1 aliphatic rings. The molecule has 2 N–H and O–H groups in total. The lowest BCUT2D eigenvalue weighted by atomic mass is 10.0. The Kier molecular flexibility index (Phi) is 2.96. The van der Waals surface area contributed by atoms with Crippen LogP contribution in [0.4, 0.5) is 18.9 Å². The van der Waals surface area contributed by atoms with Crippen LogP contribution < -0.4 is 5.73 Å². The van der Waals surface area contributed by atoms with Crippen molar-refractivity contribution < 1.29 is 13.2 Å². The van der Waals surface area contributed by atoms with E-state index in [2.05, 4.69) is 5.10 Å². The average molecular weight is 281 g/mol. The molecule has 20 heavy (non-hydrogen) atoms. The minimum absolute atomic E-state index is 0.258. The fourth-order valence-corrected chi connectivity index (χ4v) is 2.16. The number of rotatable bonds is 3. The molecule has 0 radical (unpaired) electrons. The third-order valence-electron chi connectivity index (χ3n) is 3.47. The second-order valence-corrected chi connectivity index (χ2v) is 5.19. The van der Waals surface area contributed by atoms with Crippen molar-refractivity contribution in [1.82, 2.24) is 9.78 Å². The lowest BCUT2D eigenvalue weighted by Crippen LogP contribution is -2.08. The number of nitrogens with zero attached hydrogens (tertiary/aromatic N) is 2. The maximum Gasteiger partial charge on any atom is 0.418 e. The molecule has 1 saturated carbocycles. The van der Waals surface area contributed by atoms with Gasteiger partial charge in [-0.3, -0.25) is 4.68 Å². The Labute approximate surface area is 114 Å². The summed E-state index contributed by atoms with van der Waals surface area (Å²) in [6.07, 6.45) is 1.34. The lowest BCUT2D eigenvalue weighted by molar-refractivity contribution is -0.136. The zero-order chi connectivity index (χ0) is 14.3. The second-order valence-electron chi connectivity index (χ2n) is 5.19. The molecule has 0 atom stereocenters. The van der Waals surface area contributed by atoms with Crippen molar-refractivity contribution in [2.24, 2.45) is 5.92 Å². The van der Waals surface area contributed by atoms with E-state index >= 15 is 0 Å². The minimum atomic E-state index is -4.44. The Morgan fingerprint density at radius 1 is 1.25 bits per heavy atom.